The highest BCUT2D eigenvalue weighted by atomic mass is 19.1. The molecule has 0 radical (unpaired) electrons. The number of likely N-dealkylation sites (tertiary alicyclic amines) is 1. The monoisotopic (exact) mass is 280 g/mol. The van der Waals surface area contributed by atoms with E-state index in [1.54, 1.807) is 6.07 Å². The minimum absolute atomic E-state index is 0.428. The molecular weight excluding hydrogens is 258 g/mol. The Labute approximate surface area is 119 Å². The molecule has 1 aromatic rings. The zero-order chi connectivity index (χ0) is 13.9. The second-order valence-corrected chi connectivity index (χ2v) is 6.16. The summed E-state index contributed by atoms with van der Waals surface area (Å²) in [5.41, 5.74) is 0.599. The minimum Gasteiger partial charge on any atom is -0.314 e. The molecule has 20 heavy (non-hydrogen) atoms. The van der Waals surface area contributed by atoms with Crippen LogP contribution in [-0.4, -0.2) is 30.6 Å². The molecule has 0 amide bonds. The lowest BCUT2D eigenvalue weighted by Gasteiger charge is -2.33. The summed E-state index contributed by atoms with van der Waals surface area (Å²) in [5.74, 6) is -0.271. The Bertz CT molecular complexity index is 460. The standard InChI is InChI=1S/C16H22F2N2/c17-14-4-3-13(16(18)8-14)11-20-7-1-2-12(10-20)9-19-15-5-6-15/h3-4,8,12,15,19H,1-2,5-7,9-11H2. The van der Waals surface area contributed by atoms with Gasteiger partial charge in [0, 0.05) is 30.8 Å². The predicted molar refractivity (Wildman–Crippen MR) is 75.4 cm³/mol. The molecular formula is C16H22F2N2. The molecule has 1 aliphatic carbocycles. The summed E-state index contributed by atoms with van der Waals surface area (Å²) in [4.78, 5) is 2.29. The Hall–Kier alpha value is -1.00. The number of nitrogens with one attached hydrogen (secondary N) is 1. The van der Waals surface area contributed by atoms with Crippen molar-refractivity contribution in [2.24, 2.45) is 5.92 Å². The van der Waals surface area contributed by atoms with Crippen LogP contribution in [0.15, 0.2) is 18.2 Å². The highest BCUT2D eigenvalue weighted by molar-refractivity contribution is 5.18. The summed E-state index contributed by atoms with van der Waals surface area (Å²) in [6.07, 6.45) is 5.05. The molecule has 1 saturated heterocycles. The summed E-state index contributed by atoms with van der Waals surface area (Å²) < 4.78 is 26.6. The molecule has 2 nitrogen and oxygen atoms in total. The van der Waals surface area contributed by atoms with Gasteiger partial charge in [-0.3, -0.25) is 4.90 Å². The third kappa shape index (κ3) is 3.76. The molecule has 1 heterocycles. The smallest absolute Gasteiger partial charge is 0.130 e. The predicted octanol–water partition coefficient (Wildman–Crippen LogP) is 2.93. The van der Waals surface area contributed by atoms with E-state index in [1.165, 1.54) is 31.7 Å². The zero-order valence-electron chi connectivity index (χ0n) is 11.7. The van der Waals surface area contributed by atoms with Crippen molar-refractivity contribution in [2.75, 3.05) is 19.6 Å². The lowest BCUT2D eigenvalue weighted by molar-refractivity contribution is 0.163. The van der Waals surface area contributed by atoms with E-state index >= 15 is 0 Å². The normalized spacial score (nSPS) is 24.0. The Balaban J connectivity index is 1.53. The molecule has 0 aromatic heterocycles. The number of rotatable bonds is 5. The number of piperidine rings is 1. The van der Waals surface area contributed by atoms with Gasteiger partial charge < -0.3 is 5.32 Å². The quantitative estimate of drug-likeness (QED) is 0.892. The van der Waals surface area contributed by atoms with Crippen LogP contribution in [0.2, 0.25) is 0 Å². The number of hydrogen-bond donors (Lipinski definition) is 1. The number of hydrogen-bond acceptors (Lipinski definition) is 2. The maximum atomic E-state index is 13.7. The van der Waals surface area contributed by atoms with Gasteiger partial charge in [0.2, 0.25) is 0 Å². The van der Waals surface area contributed by atoms with Crippen LogP contribution < -0.4 is 5.32 Å². The van der Waals surface area contributed by atoms with Crippen LogP contribution in [0.25, 0.3) is 0 Å². The average Bonchev–Trinajstić information content (AvgIpc) is 3.24. The van der Waals surface area contributed by atoms with E-state index in [0.29, 0.717) is 18.0 Å². The van der Waals surface area contributed by atoms with Crippen LogP contribution in [0.4, 0.5) is 8.78 Å². The van der Waals surface area contributed by atoms with E-state index in [4.69, 9.17) is 0 Å². The van der Waals surface area contributed by atoms with Crippen molar-refractivity contribution in [3.05, 3.63) is 35.4 Å². The molecule has 2 aliphatic rings. The van der Waals surface area contributed by atoms with Gasteiger partial charge in [-0.05, 0) is 50.8 Å². The van der Waals surface area contributed by atoms with Crippen molar-refractivity contribution in [3.8, 4) is 0 Å². The lowest BCUT2D eigenvalue weighted by atomic mass is 9.97. The number of nitrogens with zero attached hydrogens (tertiary/aromatic N) is 1. The van der Waals surface area contributed by atoms with Gasteiger partial charge in [-0.15, -0.1) is 0 Å². The second kappa shape index (κ2) is 6.19. The van der Waals surface area contributed by atoms with E-state index in [0.717, 1.165) is 31.7 Å². The fourth-order valence-electron chi connectivity index (χ4n) is 2.97. The molecule has 4 heteroatoms. The van der Waals surface area contributed by atoms with Crippen LogP contribution >= 0.6 is 0 Å². The summed E-state index contributed by atoms with van der Waals surface area (Å²) in [5, 5.41) is 3.58. The van der Waals surface area contributed by atoms with E-state index in [2.05, 4.69) is 10.2 Å². The largest absolute Gasteiger partial charge is 0.314 e. The van der Waals surface area contributed by atoms with Crippen molar-refractivity contribution in [1.29, 1.82) is 0 Å². The molecule has 1 saturated carbocycles. The molecule has 110 valence electrons. The Morgan fingerprint density at radius 2 is 2.05 bits per heavy atom. The van der Waals surface area contributed by atoms with Gasteiger partial charge in [-0.25, -0.2) is 8.78 Å². The molecule has 1 unspecified atom stereocenters. The van der Waals surface area contributed by atoms with Gasteiger partial charge in [0.1, 0.15) is 11.6 Å². The van der Waals surface area contributed by atoms with Crippen LogP contribution in [0.3, 0.4) is 0 Å². The summed E-state index contributed by atoms with van der Waals surface area (Å²) >= 11 is 0. The maximum absolute atomic E-state index is 13.7. The summed E-state index contributed by atoms with van der Waals surface area (Å²) in [7, 11) is 0. The molecule has 2 fully saturated rings. The molecule has 1 N–H and O–H groups in total. The van der Waals surface area contributed by atoms with Gasteiger partial charge in [0.05, 0.1) is 0 Å². The molecule has 0 bridgehead atoms. The maximum Gasteiger partial charge on any atom is 0.130 e. The topological polar surface area (TPSA) is 15.3 Å². The first kappa shape index (κ1) is 14.0. The SMILES string of the molecule is Fc1ccc(CN2CCCC(CNC3CC3)C2)c(F)c1. The Kier molecular flexibility index (Phi) is 4.32. The highest BCUT2D eigenvalue weighted by Gasteiger charge is 2.25. The van der Waals surface area contributed by atoms with Crippen molar-refractivity contribution in [2.45, 2.75) is 38.3 Å². The molecule has 1 aromatic carbocycles. The highest BCUT2D eigenvalue weighted by Crippen LogP contribution is 2.22. The van der Waals surface area contributed by atoms with Crippen LogP contribution in [0.5, 0.6) is 0 Å². The van der Waals surface area contributed by atoms with E-state index < -0.39 is 11.6 Å². The van der Waals surface area contributed by atoms with E-state index in [-0.39, 0.29) is 0 Å². The third-order valence-corrected chi connectivity index (χ3v) is 4.28. The fourth-order valence-corrected chi connectivity index (χ4v) is 2.97. The Morgan fingerprint density at radius 3 is 2.80 bits per heavy atom. The second-order valence-electron chi connectivity index (χ2n) is 6.16. The van der Waals surface area contributed by atoms with Crippen LogP contribution in [-0.2, 0) is 6.54 Å². The third-order valence-electron chi connectivity index (χ3n) is 4.28. The summed E-state index contributed by atoms with van der Waals surface area (Å²) in [6.45, 7) is 3.69. The molecule has 0 spiro atoms. The van der Waals surface area contributed by atoms with Gasteiger partial charge in [0.15, 0.2) is 0 Å². The van der Waals surface area contributed by atoms with E-state index in [9.17, 15) is 8.78 Å². The van der Waals surface area contributed by atoms with Crippen molar-refractivity contribution in [3.63, 3.8) is 0 Å². The first-order valence-electron chi connectivity index (χ1n) is 7.60. The fraction of sp³-hybridized carbons (Fsp3) is 0.625. The van der Waals surface area contributed by atoms with Gasteiger partial charge in [-0.2, -0.15) is 0 Å². The van der Waals surface area contributed by atoms with Gasteiger partial charge in [0.25, 0.3) is 0 Å². The first-order chi connectivity index (χ1) is 9.70. The lowest BCUT2D eigenvalue weighted by Crippen LogP contribution is -2.39. The van der Waals surface area contributed by atoms with Gasteiger partial charge in [-0.1, -0.05) is 6.07 Å². The van der Waals surface area contributed by atoms with E-state index in [1.807, 2.05) is 0 Å². The van der Waals surface area contributed by atoms with Crippen LogP contribution in [0.1, 0.15) is 31.2 Å². The minimum atomic E-state index is -0.503. The van der Waals surface area contributed by atoms with Crippen molar-refractivity contribution < 1.29 is 8.78 Å². The molecule has 3 rings (SSSR count). The molecule has 1 atom stereocenters. The van der Waals surface area contributed by atoms with Gasteiger partial charge >= 0.3 is 0 Å². The zero-order valence-corrected chi connectivity index (χ0v) is 11.7. The summed E-state index contributed by atoms with van der Waals surface area (Å²) in [6, 6.07) is 4.64. The average molecular weight is 280 g/mol. The van der Waals surface area contributed by atoms with Crippen molar-refractivity contribution in [1.82, 2.24) is 10.2 Å². The first-order valence-corrected chi connectivity index (χ1v) is 7.60. The van der Waals surface area contributed by atoms with Crippen molar-refractivity contribution >= 4 is 0 Å². The Morgan fingerprint density at radius 1 is 1.20 bits per heavy atom. The van der Waals surface area contributed by atoms with Crippen LogP contribution in [0, 0.1) is 17.6 Å². The molecule has 1 aliphatic heterocycles. The number of benzene rings is 1. The number of halogens is 2.